The van der Waals surface area contributed by atoms with E-state index in [-0.39, 0.29) is 12.1 Å². The molecule has 0 spiro atoms. The van der Waals surface area contributed by atoms with Crippen molar-refractivity contribution in [3.8, 4) is 16.9 Å². The van der Waals surface area contributed by atoms with Gasteiger partial charge in [-0.2, -0.15) is 5.10 Å². The first-order chi connectivity index (χ1) is 13.9. The number of hydrogen-bond donors (Lipinski definition) is 2. The number of esters is 1. The Bertz CT molecular complexity index is 1030. The van der Waals surface area contributed by atoms with Gasteiger partial charge in [-0.05, 0) is 24.3 Å². The number of nitrogens with zero attached hydrogens (tertiary/aromatic N) is 2. The predicted molar refractivity (Wildman–Crippen MR) is 106 cm³/mol. The Morgan fingerprint density at radius 1 is 1.07 bits per heavy atom. The zero-order valence-electron chi connectivity index (χ0n) is 15.2. The molecule has 0 radical (unpaired) electrons. The third-order valence-corrected chi connectivity index (χ3v) is 4.12. The number of nitrogens with two attached hydrogens (primary N) is 1. The zero-order valence-corrected chi connectivity index (χ0v) is 15.9. The number of nitrogens with one attached hydrogen (secondary N) is 1. The third kappa shape index (κ3) is 5.20. The van der Waals surface area contributed by atoms with Gasteiger partial charge in [0, 0.05) is 16.8 Å². The number of halogens is 1. The molecule has 148 valence electrons. The average Bonchev–Trinajstić information content (AvgIpc) is 3.17. The maximum atomic E-state index is 12.6. The molecule has 0 saturated heterocycles. The number of carbonyl (C=O) groups excluding carboxylic acids is 3. The Kier molecular flexibility index (Phi) is 6.25. The molecule has 0 aliphatic carbocycles. The predicted octanol–water partition coefficient (Wildman–Crippen LogP) is 1.95. The lowest BCUT2D eigenvalue weighted by molar-refractivity contribution is -0.127. The Hall–Kier alpha value is -3.65. The lowest BCUT2D eigenvalue weighted by Crippen LogP contribution is -2.36. The van der Waals surface area contributed by atoms with E-state index in [9.17, 15) is 14.4 Å². The van der Waals surface area contributed by atoms with Crippen molar-refractivity contribution in [2.75, 3.05) is 13.2 Å². The number of primary amides is 1. The van der Waals surface area contributed by atoms with Crippen LogP contribution in [-0.2, 0) is 14.3 Å². The van der Waals surface area contributed by atoms with Crippen LogP contribution in [0.15, 0.2) is 60.8 Å². The molecule has 9 heteroatoms. The van der Waals surface area contributed by atoms with Gasteiger partial charge in [-0.1, -0.05) is 41.9 Å². The molecule has 2 aromatic carbocycles. The second kappa shape index (κ2) is 9.03. The molecule has 8 nitrogen and oxygen atoms in total. The molecular weight excluding hydrogens is 396 g/mol. The molecule has 3 N–H and O–H groups in total. The minimum absolute atomic E-state index is 0.180. The van der Waals surface area contributed by atoms with Crippen LogP contribution in [-0.4, -0.2) is 40.7 Å². The van der Waals surface area contributed by atoms with E-state index in [0.717, 1.165) is 5.69 Å². The highest BCUT2D eigenvalue weighted by atomic mass is 35.5. The summed E-state index contributed by atoms with van der Waals surface area (Å²) in [5.74, 6) is -2.06. The van der Waals surface area contributed by atoms with Crippen LogP contribution in [0.25, 0.3) is 16.9 Å². The number of amides is 2. The zero-order chi connectivity index (χ0) is 20.8. The molecule has 0 aliphatic rings. The summed E-state index contributed by atoms with van der Waals surface area (Å²) in [7, 11) is 0. The van der Waals surface area contributed by atoms with Crippen molar-refractivity contribution in [1.82, 2.24) is 15.1 Å². The lowest BCUT2D eigenvalue weighted by Gasteiger charge is -2.05. The molecule has 3 rings (SSSR count). The van der Waals surface area contributed by atoms with E-state index in [2.05, 4.69) is 10.4 Å². The van der Waals surface area contributed by atoms with Gasteiger partial charge in [0.1, 0.15) is 11.3 Å². The van der Waals surface area contributed by atoms with E-state index in [1.54, 1.807) is 28.9 Å². The van der Waals surface area contributed by atoms with Gasteiger partial charge >= 0.3 is 5.97 Å². The smallest absolute Gasteiger partial charge is 0.342 e. The van der Waals surface area contributed by atoms with Crippen molar-refractivity contribution in [1.29, 1.82) is 0 Å². The standard InChI is InChI=1S/C20H17ClN4O4/c21-14-8-6-13(7-9-14)19-16(11-25(24-19)15-4-2-1-3-5-15)20(28)29-12-18(27)23-10-17(22)26/h1-9,11H,10,12H2,(H2,22,26)(H,23,27). The van der Waals surface area contributed by atoms with Crippen molar-refractivity contribution in [3.63, 3.8) is 0 Å². The molecule has 0 atom stereocenters. The summed E-state index contributed by atoms with van der Waals surface area (Å²) in [6, 6.07) is 16.1. The summed E-state index contributed by atoms with van der Waals surface area (Å²) < 4.78 is 6.62. The highest BCUT2D eigenvalue weighted by molar-refractivity contribution is 6.30. The quantitative estimate of drug-likeness (QED) is 0.575. The first-order valence-corrected chi connectivity index (χ1v) is 8.95. The van der Waals surface area contributed by atoms with Crippen molar-refractivity contribution in [2.45, 2.75) is 0 Å². The molecule has 1 aromatic heterocycles. The highest BCUT2D eigenvalue weighted by Crippen LogP contribution is 2.25. The van der Waals surface area contributed by atoms with Gasteiger partial charge in [0.05, 0.1) is 12.2 Å². The van der Waals surface area contributed by atoms with Crippen LogP contribution in [0.2, 0.25) is 5.02 Å². The number of aromatic nitrogens is 2. The maximum Gasteiger partial charge on any atom is 0.342 e. The van der Waals surface area contributed by atoms with Crippen molar-refractivity contribution >= 4 is 29.4 Å². The van der Waals surface area contributed by atoms with E-state index in [4.69, 9.17) is 22.1 Å². The van der Waals surface area contributed by atoms with Gasteiger partial charge in [0.15, 0.2) is 6.61 Å². The number of para-hydroxylation sites is 1. The summed E-state index contributed by atoms with van der Waals surface area (Å²) in [4.78, 5) is 35.0. The summed E-state index contributed by atoms with van der Waals surface area (Å²) in [5.41, 5.74) is 6.93. The first kappa shape index (κ1) is 20.1. The van der Waals surface area contributed by atoms with E-state index in [1.165, 1.54) is 6.20 Å². The number of benzene rings is 2. The largest absolute Gasteiger partial charge is 0.452 e. The number of ether oxygens (including phenoxy) is 1. The second-order valence-corrected chi connectivity index (χ2v) is 6.43. The highest BCUT2D eigenvalue weighted by Gasteiger charge is 2.21. The summed E-state index contributed by atoms with van der Waals surface area (Å²) in [6.07, 6.45) is 1.53. The number of hydrogen-bond acceptors (Lipinski definition) is 5. The molecule has 0 saturated carbocycles. The summed E-state index contributed by atoms with van der Waals surface area (Å²) in [5, 5.41) is 7.29. The number of rotatable bonds is 7. The summed E-state index contributed by atoms with van der Waals surface area (Å²) >= 11 is 5.94. The minimum atomic E-state index is -0.730. The fraction of sp³-hybridized carbons (Fsp3) is 0.100. The second-order valence-electron chi connectivity index (χ2n) is 6.00. The van der Waals surface area contributed by atoms with Crippen LogP contribution in [0.1, 0.15) is 10.4 Å². The van der Waals surface area contributed by atoms with Gasteiger partial charge in [-0.15, -0.1) is 0 Å². The van der Waals surface area contributed by atoms with Crippen LogP contribution in [0.5, 0.6) is 0 Å². The Morgan fingerprint density at radius 2 is 1.76 bits per heavy atom. The fourth-order valence-corrected chi connectivity index (χ4v) is 2.63. The lowest BCUT2D eigenvalue weighted by atomic mass is 10.1. The monoisotopic (exact) mass is 412 g/mol. The molecule has 0 bridgehead atoms. The molecule has 3 aromatic rings. The van der Waals surface area contributed by atoms with Gasteiger partial charge in [0.2, 0.25) is 5.91 Å². The van der Waals surface area contributed by atoms with Crippen molar-refractivity contribution < 1.29 is 19.1 Å². The van der Waals surface area contributed by atoms with Crippen LogP contribution in [0.4, 0.5) is 0 Å². The average molecular weight is 413 g/mol. The third-order valence-electron chi connectivity index (χ3n) is 3.87. The fourth-order valence-electron chi connectivity index (χ4n) is 2.50. The Balaban J connectivity index is 1.86. The van der Waals surface area contributed by atoms with Gasteiger partial charge < -0.3 is 15.8 Å². The molecule has 0 unspecified atom stereocenters. The normalized spacial score (nSPS) is 10.4. The molecule has 0 aliphatic heterocycles. The number of carbonyl (C=O) groups is 3. The van der Waals surface area contributed by atoms with Crippen LogP contribution in [0.3, 0.4) is 0 Å². The minimum Gasteiger partial charge on any atom is -0.452 e. The Morgan fingerprint density at radius 3 is 2.41 bits per heavy atom. The van der Waals surface area contributed by atoms with Gasteiger partial charge in [-0.3, -0.25) is 9.59 Å². The van der Waals surface area contributed by atoms with E-state index >= 15 is 0 Å². The van der Waals surface area contributed by atoms with Gasteiger partial charge in [0.25, 0.3) is 5.91 Å². The van der Waals surface area contributed by atoms with E-state index in [0.29, 0.717) is 16.3 Å². The Labute approximate surface area is 171 Å². The first-order valence-electron chi connectivity index (χ1n) is 8.57. The van der Waals surface area contributed by atoms with Crippen LogP contribution >= 0.6 is 11.6 Å². The van der Waals surface area contributed by atoms with Crippen molar-refractivity contribution in [2.24, 2.45) is 5.73 Å². The maximum absolute atomic E-state index is 12.6. The molecule has 29 heavy (non-hydrogen) atoms. The molecule has 1 heterocycles. The van der Waals surface area contributed by atoms with Crippen molar-refractivity contribution in [3.05, 3.63) is 71.4 Å². The summed E-state index contributed by atoms with van der Waals surface area (Å²) in [6.45, 7) is -0.888. The SMILES string of the molecule is NC(=O)CNC(=O)COC(=O)c1cn(-c2ccccc2)nc1-c1ccc(Cl)cc1. The van der Waals surface area contributed by atoms with E-state index in [1.807, 2.05) is 30.3 Å². The van der Waals surface area contributed by atoms with Gasteiger partial charge in [-0.25, -0.2) is 9.48 Å². The van der Waals surface area contributed by atoms with E-state index < -0.39 is 24.4 Å². The van der Waals surface area contributed by atoms with Crippen LogP contribution < -0.4 is 11.1 Å². The molecule has 2 amide bonds. The molecule has 0 fully saturated rings. The molecular formula is C20H17ClN4O4. The van der Waals surface area contributed by atoms with Crippen LogP contribution in [0, 0.1) is 0 Å². The topological polar surface area (TPSA) is 116 Å².